The highest BCUT2D eigenvalue weighted by molar-refractivity contribution is 7.86. The molecule has 4 aromatic rings. The van der Waals surface area contributed by atoms with Crippen LogP contribution in [-0.2, 0) is 53.6 Å². The van der Waals surface area contributed by atoms with Gasteiger partial charge >= 0.3 is 12.1 Å². The van der Waals surface area contributed by atoms with Crippen LogP contribution in [0.2, 0.25) is 0 Å². The number of alkyl carbamates (subject to hydrolysis) is 1. The second-order valence-electron chi connectivity index (χ2n) is 17.8. The Morgan fingerprint density at radius 1 is 0.781 bits per heavy atom. The molecule has 4 N–H and O–H groups in total. The molecule has 0 saturated carbocycles. The molecule has 0 spiro atoms. The summed E-state index contributed by atoms with van der Waals surface area (Å²) >= 11 is 0. The van der Waals surface area contributed by atoms with Crippen LogP contribution in [0.25, 0.3) is 11.1 Å². The number of carboxylic acids is 1. The number of nitrogens with one attached hydrogen (secondary N) is 1. The Kier molecular flexibility index (Phi) is 13.4. The van der Waals surface area contributed by atoms with Gasteiger partial charge in [0.2, 0.25) is 5.69 Å². The van der Waals surface area contributed by atoms with Gasteiger partial charge < -0.3 is 20.1 Å². The smallest absolute Gasteiger partial charge is 0.407 e. The zero-order valence-corrected chi connectivity index (χ0v) is 38.2. The fraction of sp³-hybridized carbons (Fsp3) is 0.367. The number of hydrogen-bond donors (Lipinski definition) is 4. The Labute approximate surface area is 375 Å². The van der Waals surface area contributed by atoms with E-state index in [1.807, 2.05) is 66.8 Å². The van der Waals surface area contributed by atoms with Crippen molar-refractivity contribution in [3.63, 3.8) is 0 Å². The molecule has 0 atom stereocenters. The van der Waals surface area contributed by atoms with E-state index in [9.17, 15) is 40.6 Å². The normalized spacial score (nSPS) is 16.8. The second kappa shape index (κ2) is 18.5. The van der Waals surface area contributed by atoms with Crippen LogP contribution in [0.4, 0.5) is 16.2 Å². The fourth-order valence-corrected chi connectivity index (χ4v) is 10.6. The number of rotatable bonds is 18. The van der Waals surface area contributed by atoms with Gasteiger partial charge in [0.25, 0.3) is 20.2 Å². The van der Waals surface area contributed by atoms with Crippen molar-refractivity contribution in [3.8, 4) is 11.1 Å². The maximum Gasteiger partial charge on any atom is 0.407 e. The number of carboxylic acid groups (broad SMARTS) is 1. The predicted molar refractivity (Wildman–Crippen MR) is 248 cm³/mol. The number of anilines is 1. The van der Waals surface area contributed by atoms with Gasteiger partial charge in [-0.05, 0) is 90.3 Å². The molecule has 7 rings (SSSR count). The van der Waals surface area contributed by atoms with Crippen molar-refractivity contribution in [2.45, 2.75) is 83.1 Å². The average Bonchev–Trinajstić information content (AvgIpc) is 3.74. The summed E-state index contributed by atoms with van der Waals surface area (Å²) < 4.78 is 72.8. The fourth-order valence-electron chi connectivity index (χ4n) is 9.48. The van der Waals surface area contributed by atoms with Gasteiger partial charge in [0.15, 0.2) is 5.71 Å². The van der Waals surface area contributed by atoms with E-state index in [-0.39, 0.29) is 49.8 Å². The monoisotopic (exact) mass is 910 g/mol. The van der Waals surface area contributed by atoms with Crippen LogP contribution in [0.5, 0.6) is 0 Å². The second-order valence-corrected chi connectivity index (χ2v) is 20.9. The number of hydrogen-bond acceptors (Lipinski definition) is 8. The topological polar surface area (TPSA) is 191 Å². The number of aliphatic carboxylic acids is 1. The van der Waals surface area contributed by atoms with Crippen LogP contribution >= 0.6 is 0 Å². The molecule has 3 aliphatic rings. The highest BCUT2D eigenvalue weighted by Gasteiger charge is 2.45. The number of carbonyl (C=O) groups excluding carboxylic acids is 1. The molecule has 0 saturated heterocycles. The molecule has 0 unspecified atom stereocenters. The van der Waals surface area contributed by atoms with Gasteiger partial charge in [-0.3, -0.25) is 13.9 Å². The van der Waals surface area contributed by atoms with Crippen molar-refractivity contribution in [1.29, 1.82) is 0 Å². The van der Waals surface area contributed by atoms with E-state index >= 15 is 0 Å². The summed E-state index contributed by atoms with van der Waals surface area (Å²) in [6.07, 6.45) is 6.86. The zero-order chi connectivity index (χ0) is 46.0. The average molecular weight is 911 g/mol. The molecule has 0 bridgehead atoms. The third-order valence-electron chi connectivity index (χ3n) is 12.6. The van der Waals surface area contributed by atoms with Gasteiger partial charge in [0.1, 0.15) is 13.2 Å². The lowest BCUT2D eigenvalue weighted by Gasteiger charge is -2.27. The van der Waals surface area contributed by atoms with Crippen LogP contribution in [0, 0.1) is 0 Å². The van der Waals surface area contributed by atoms with E-state index in [0.29, 0.717) is 31.5 Å². The molecule has 64 heavy (non-hydrogen) atoms. The Balaban J connectivity index is 1.13. The van der Waals surface area contributed by atoms with Crippen LogP contribution in [0.15, 0.2) is 109 Å². The Morgan fingerprint density at radius 2 is 1.39 bits per heavy atom. The van der Waals surface area contributed by atoms with E-state index in [4.69, 9.17) is 4.74 Å². The zero-order valence-electron chi connectivity index (χ0n) is 36.6. The lowest BCUT2D eigenvalue weighted by molar-refractivity contribution is -0.438. The number of carbonyl (C=O) groups is 2. The summed E-state index contributed by atoms with van der Waals surface area (Å²) in [6, 6.07) is 28.0. The van der Waals surface area contributed by atoms with Crippen molar-refractivity contribution in [3.05, 3.63) is 142 Å². The molecule has 4 aromatic carbocycles. The molecule has 0 aromatic heterocycles. The number of amides is 1. The molecule has 2 heterocycles. The van der Waals surface area contributed by atoms with E-state index in [2.05, 4.69) is 72.8 Å². The molecular formula is C49H56N3O10S2+. The molecule has 13 nitrogen and oxygen atoms in total. The molecule has 0 radical (unpaired) electrons. The molecular weight excluding hydrogens is 855 g/mol. The number of nitrogens with zero attached hydrogens (tertiary/aromatic N) is 2. The number of unbranched alkanes of at least 4 members (excludes halogenated alkanes) is 2. The Morgan fingerprint density at radius 3 is 2.03 bits per heavy atom. The lowest BCUT2D eigenvalue weighted by Crippen LogP contribution is -2.28. The van der Waals surface area contributed by atoms with E-state index in [1.165, 1.54) is 0 Å². The highest BCUT2D eigenvalue weighted by Crippen LogP contribution is 2.49. The van der Waals surface area contributed by atoms with Gasteiger partial charge in [-0.15, -0.1) is 0 Å². The molecule has 338 valence electrons. The van der Waals surface area contributed by atoms with Crippen molar-refractivity contribution >= 4 is 49.4 Å². The maximum absolute atomic E-state index is 13.1. The van der Waals surface area contributed by atoms with Gasteiger partial charge in [0, 0.05) is 59.9 Å². The summed E-state index contributed by atoms with van der Waals surface area (Å²) in [4.78, 5) is 26.9. The molecule has 1 aliphatic carbocycles. The summed E-state index contributed by atoms with van der Waals surface area (Å²) in [5.74, 6) is -1.70. The van der Waals surface area contributed by atoms with Crippen molar-refractivity contribution < 1.29 is 49.9 Å². The lowest BCUT2D eigenvalue weighted by atomic mass is 9.80. The van der Waals surface area contributed by atoms with Gasteiger partial charge in [-0.2, -0.15) is 21.4 Å². The van der Waals surface area contributed by atoms with Crippen molar-refractivity contribution in [2.24, 2.45) is 0 Å². The minimum atomic E-state index is -4.13. The number of allylic oxidation sites excluding steroid dienone is 4. The number of fused-ring (bicyclic) bond motifs is 5. The van der Waals surface area contributed by atoms with Crippen LogP contribution in [-0.4, -0.2) is 84.6 Å². The number of ether oxygens (including phenoxy) is 1. The first kappa shape index (κ1) is 46.4. The van der Waals surface area contributed by atoms with Crippen molar-refractivity contribution in [1.82, 2.24) is 5.32 Å². The standard InChI is InChI=1S/C49H55N3O10S2/c1-48(2)40-28-33(30-46(53)54)20-22-42(40)51(24-9-11-26-63(56,57)58)44(48)18-13-19-45-49(3,4)41-29-34(21-23-43(41)52(45)25-10-12-27-64(59,60)61)31-50-47(55)62-32-39-37-16-7-5-14-35(37)36-15-6-8-17-38(36)39/h5-8,13-23,28-29,39H,9-12,24-27,30-32H2,1-4H3,(H3-,50,53,54,55,56,57,58,59,60,61)/p+1. The largest absolute Gasteiger partial charge is 0.481 e. The van der Waals surface area contributed by atoms with Crippen LogP contribution in [0.3, 0.4) is 0 Å². The van der Waals surface area contributed by atoms with E-state index < -0.39 is 43.1 Å². The minimum absolute atomic E-state index is 0.0621. The predicted octanol–water partition coefficient (Wildman–Crippen LogP) is 8.30. The first-order valence-corrected chi connectivity index (χ1v) is 24.8. The Bertz CT molecular complexity index is 2750. The number of benzene rings is 4. The van der Waals surface area contributed by atoms with E-state index in [0.717, 1.165) is 61.7 Å². The van der Waals surface area contributed by atoms with Crippen LogP contribution in [0.1, 0.15) is 92.7 Å². The molecule has 2 aliphatic heterocycles. The minimum Gasteiger partial charge on any atom is -0.481 e. The third-order valence-corrected chi connectivity index (χ3v) is 14.2. The quantitative estimate of drug-likeness (QED) is 0.0427. The first-order chi connectivity index (χ1) is 30.2. The molecule has 15 heteroatoms. The molecule has 0 fully saturated rings. The summed E-state index contributed by atoms with van der Waals surface area (Å²) in [5, 5.41) is 12.4. The maximum atomic E-state index is 13.1. The summed E-state index contributed by atoms with van der Waals surface area (Å²) in [7, 11) is -8.24. The van der Waals surface area contributed by atoms with Gasteiger partial charge in [-0.25, -0.2) is 4.79 Å². The molecule has 1 amide bonds. The SMILES string of the molecule is CC1(C)C(=CC=CC2=[N+](CCCCS(=O)(=O)O)c3ccc(CC(=O)O)cc3C2(C)C)N(CCCCS(=O)(=O)O)c2ccc(CNC(=O)OCC3c4ccccc4-c4ccccc43)cc21. The Hall–Kier alpha value is -5.61. The van der Waals surface area contributed by atoms with Gasteiger partial charge in [-0.1, -0.05) is 86.7 Å². The summed E-state index contributed by atoms with van der Waals surface area (Å²) in [5.41, 5.74) is 10.7. The van der Waals surface area contributed by atoms with E-state index in [1.54, 1.807) is 6.07 Å². The van der Waals surface area contributed by atoms with Crippen LogP contribution < -0.4 is 10.2 Å². The van der Waals surface area contributed by atoms with Gasteiger partial charge in [0.05, 0.1) is 23.3 Å². The van der Waals surface area contributed by atoms with Crippen molar-refractivity contribution in [2.75, 3.05) is 36.1 Å². The summed E-state index contributed by atoms with van der Waals surface area (Å²) in [6.45, 7) is 9.72. The first-order valence-electron chi connectivity index (χ1n) is 21.5. The highest BCUT2D eigenvalue weighted by atomic mass is 32.2. The third kappa shape index (κ3) is 10.2.